The molecule has 1 atom stereocenters. The average Bonchev–Trinajstić information content (AvgIpc) is 3.09. The highest BCUT2D eigenvalue weighted by Gasteiger charge is 2.20. The van der Waals surface area contributed by atoms with Gasteiger partial charge < -0.3 is 10.6 Å². The first-order valence-electron chi connectivity index (χ1n) is 5.96. The van der Waals surface area contributed by atoms with E-state index in [1.54, 1.807) is 0 Å². The van der Waals surface area contributed by atoms with Gasteiger partial charge in [-0.2, -0.15) is 0 Å². The molecule has 0 aromatic heterocycles. The molecule has 2 nitrogen and oxygen atoms in total. The van der Waals surface area contributed by atoms with Gasteiger partial charge in [0.1, 0.15) is 0 Å². The van der Waals surface area contributed by atoms with E-state index in [-0.39, 0.29) is 0 Å². The van der Waals surface area contributed by atoms with Crippen molar-refractivity contribution in [2.24, 2.45) is 0 Å². The van der Waals surface area contributed by atoms with E-state index in [4.69, 9.17) is 0 Å². The van der Waals surface area contributed by atoms with Crippen molar-refractivity contribution < 1.29 is 0 Å². The molecular weight excluding hydrogens is 264 g/mol. The van der Waals surface area contributed by atoms with Gasteiger partial charge in [-0.25, -0.2) is 0 Å². The molecule has 0 spiro atoms. The Morgan fingerprint density at radius 1 is 1.38 bits per heavy atom. The Morgan fingerprint density at radius 3 is 2.81 bits per heavy atom. The van der Waals surface area contributed by atoms with Gasteiger partial charge in [-0.15, -0.1) is 0 Å². The number of rotatable bonds is 6. The molecule has 0 aliphatic heterocycles. The third kappa shape index (κ3) is 3.89. The molecule has 88 valence electrons. The second-order valence-electron chi connectivity index (χ2n) is 4.56. The molecule has 1 saturated carbocycles. The number of hydrogen-bond acceptors (Lipinski definition) is 2. The second-order valence-corrected chi connectivity index (χ2v) is 5.41. The highest BCUT2D eigenvalue weighted by atomic mass is 79.9. The summed E-state index contributed by atoms with van der Waals surface area (Å²) in [5.74, 6) is 0. The van der Waals surface area contributed by atoms with Crippen molar-refractivity contribution in [2.75, 3.05) is 6.54 Å². The summed E-state index contributed by atoms with van der Waals surface area (Å²) in [6.07, 6.45) is 2.72. The fourth-order valence-electron chi connectivity index (χ4n) is 1.63. The molecule has 2 rings (SSSR count). The predicted molar refractivity (Wildman–Crippen MR) is 71.5 cm³/mol. The Morgan fingerprint density at radius 2 is 2.12 bits per heavy atom. The van der Waals surface area contributed by atoms with Crippen molar-refractivity contribution in [1.82, 2.24) is 10.6 Å². The molecule has 0 radical (unpaired) electrons. The molecule has 1 aromatic carbocycles. The zero-order valence-corrected chi connectivity index (χ0v) is 11.3. The van der Waals surface area contributed by atoms with Crippen molar-refractivity contribution in [3.63, 3.8) is 0 Å². The van der Waals surface area contributed by atoms with E-state index in [1.807, 2.05) is 6.07 Å². The Bertz CT molecular complexity index is 336. The van der Waals surface area contributed by atoms with Crippen LogP contribution in [0.3, 0.4) is 0 Å². The molecule has 0 saturated heterocycles. The van der Waals surface area contributed by atoms with Crippen molar-refractivity contribution in [1.29, 1.82) is 0 Å². The molecule has 0 heterocycles. The first-order valence-corrected chi connectivity index (χ1v) is 6.75. The van der Waals surface area contributed by atoms with Crippen LogP contribution in [-0.4, -0.2) is 18.6 Å². The normalized spacial score (nSPS) is 17.4. The van der Waals surface area contributed by atoms with Gasteiger partial charge in [0.25, 0.3) is 0 Å². The van der Waals surface area contributed by atoms with Gasteiger partial charge in [0.2, 0.25) is 0 Å². The number of nitrogens with one attached hydrogen (secondary N) is 2. The number of benzene rings is 1. The SMILES string of the molecule is CC(CNC1CC1)NCc1ccccc1Br. The molecule has 2 N–H and O–H groups in total. The summed E-state index contributed by atoms with van der Waals surface area (Å²) in [7, 11) is 0. The topological polar surface area (TPSA) is 24.1 Å². The van der Waals surface area contributed by atoms with E-state index < -0.39 is 0 Å². The smallest absolute Gasteiger partial charge is 0.0220 e. The molecule has 0 bridgehead atoms. The summed E-state index contributed by atoms with van der Waals surface area (Å²) >= 11 is 3.56. The predicted octanol–water partition coefficient (Wildman–Crippen LogP) is 2.68. The van der Waals surface area contributed by atoms with E-state index in [2.05, 4.69) is 51.7 Å². The molecule has 3 heteroatoms. The zero-order chi connectivity index (χ0) is 11.4. The molecular formula is C13H19BrN2. The van der Waals surface area contributed by atoms with Crippen molar-refractivity contribution >= 4 is 15.9 Å². The number of halogens is 1. The van der Waals surface area contributed by atoms with Crippen LogP contribution in [0.4, 0.5) is 0 Å². The summed E-state index contributed by atoms with van der Waals surface area (Å²) in [5.41, 5.74) is 1.32. The Hall–Kier alpha value is -0.380. The van der Waals surface area contributed by atoms with Crippen LogP contribution in [0.5, 0.6) is 0 Å². The molecule has 1 aliphatic carbocycles. The Labute approximate surface area is 106 Å². The lowest BCUT2D eigenvalue weighted by atomic mass is 10.2. The summed E-state index contributed by atoms with van der Waals surface area (Å²) < 4.78 is 1.19. The van der Waals surface area contributed by atoms with E-state index in [9.17, 15) is 0 Å². The fraction of sp³-hybridized carbons (Fsp3) is 0.538. The Balaban J connectivity index is 1.71. The largest absolute Gasteiger partial charge is 0.312 e. The van der Waals surface area contributed by atoms with E-state index >= 15 is 0 Å². The third-order valence-electron chi connectivity index (χ3n) is 2.89. The van der Waals surface area contributed by atoms with Crippen LogP contribution in [0.1, 0.15) is 25.3 Å². The monoisotopic (exact) mass is 282 g/mol. The summed E-state index contributed by atoms with van der Waals surface area (Å²) in [5, 5.41) is 7.06. The van der Waals surface area contributed by atoms with Gasteiger partial charge in [0.15, 0.2) is 0 Å². The van der Waals surface area contributed by atoms with Crippen LogP contribution >= 0.6 is 15.9 Å². The first kappa shape index (κ1) is 12.1. The second kappa shape index (κ2) is 5.80. The minimum Gasteiger partial charge on any atom is -0.312 e. The minimum atomic E-state index is 0.521. The lowest BCUT2D eigenvalue weighted by molar-refractivity contribution is 0.499. The van der Waals surface area contributed by atoms with Crippen molar-refractivity contribution in [2.45, 2.75) is 38.4 Å². The van der Waals surface area contributed by atoms with Crippen LogP contribution < -0.4 is 10.6 Å². The third-order valence-corrected chi connectivity index (χ3v) is 3.66. The molecule has 0 amide bonds. The van der Waals surface area contributed by atoms with Crippen LogP contribution in [0.15, 0.2) is 28.7 Å². The maximum atomic E-state index is 3.56. The van der Waals surface area contributed by atoms with Crippen LogP contribution in [-0.2, 0) is 6.54 Å². The molecule has 1 aromatic rings. The van der Waals surface area contributed by atoms with E-state index in [1.165, 1.54) is 22.9 Å². The van der Waals surface area contributed by atoms with Crippen LogP contribution in [0.2, 0.25) is 0 Å². The van der Waals surface area contributed by atoms with Gasteiger partial charge >= 0.3 is 0 Å². The highest BCUT2D eigenvalue weighted by molar-refractivity contribution is 9.10. The van der Waals surface area contributed by atoms with Crippen LogP contribution in [0, 0.1) is 0 Å². The fourth-order valence-corrected chi connectivity index (χ4v) is 2.05. The molecule has 16 heavy (non-hydrogen) atoms. The standard InChI is InChI=1S/C13H19BrN2/c1-10(8-16-12-6-7-12)15-9-11-4-2-3-5-13(11)14/h2-5,10,12,15-16H,6-9H2,1H3. The van der Waals surface area contributed by atoms with E-state index in [0.717, 1.165) is 19.1 Å². The summed E-state index contributed by atoms with van der Waals surface area (Å²) in [6.45, 7) is 4.22. The molecule has 1 fully saturated rings. The lowest BCUT2D eigenvalue weighted by Gasteiger charge is -2.15. The first-order chi connectivity index (χ1) is 7.75. The molecule has 1 aliphatic rings. The van der Waals surface area contributed by atoms with Crippen molar-refractivity contribution in [3.05, 3.63) is 34.3 Å². The Kier molecular flexibility index (Phi) is 4.38. The van der Waals surface area contributed by atoms with Gasteiger partial charge in [-0.05, 0) is 31.4 Å². The van der Waals surface area contributed by atoms with Gasteiger partial charge in [0, 0.05) is 29.6 Å². The van der Waals surface area contributed by atoms with Gasteiger partial charge in [-0.3, -0.25) is 0 Å². The maximum absolute atomic E-state index is 3.56. The lowest BCUT2D eigenvalue weighted by Crippen LogP contribution is -2.36. The van der Waals surface area contributed by atoms with E-state index in [0.29, 0.717) is 6.04 Å². The molecule has 1 unspecified atom stereocenters. The highest BCUT2D eigenvalue weighted by Crippen LogP contribution is 2.18. The van der Waals surface area contributed by atoms with Gasteiger partial charge in [0.05, 0.1) is 0 Å². The quantitative estimate of drug-likeness (QED) is 0.838. The maximum Gasteiger partial charge on any atom is 0.0220 e. The van der Waals surface area contributed by atoms with Gasteiger partial charge in [-0.1, -0.05) is 34.1 Å². The van der Waals surface area contributed by atoms with Crippen molar-refractivity contribution in [3.8, 4) is 0 Å². The minimum absolute atomic E-state index is 0.521. The summed E-state index contributed by atoms with van der Waals surface area (Å²) in [4.78, 5) is 0. The average molecular weight is 283 g/mol. The van der Waals surface area contributed by atoms with Crippen LogP contribution in [0.25, 0.3) is 0 Å². The zero-order valence-electron chi connectivity index (χ0n) is 9.67. The summed E-state index contributed by atoms with van der Waals surface area (Å²) in [6, 6.07) is 9.68. The number of hydrogen-bond donors (Lipinski definition) is 2.